The zero-order valence-electron chi connectivity index (χ0n) is 13.0. The SMILES string of the molecule is Cc1cccc(C2CC2C(=O)Nc2cc(F)cc(S(N)(=O)=O)c2)c1. The van der Waals surface area contributed by atoms with E-state index in [1.807, 2.05) is 31.2 Å². The van der Waals surface area contributed by atoms with Crippen LogP contribution in [0.1, 0.15) is 23.5 Å². The summed E-state index contributed by atoms with van der Waals surface area (Å²) < 4.78 is 36.2. The molecule has 2 aromatic rings. The summed E-state index contributed by atoms with van der Waals surface area (Å²) in [5.41, 5.74) is 2.31. The molecule has 1 aliphatic rings. The molecule has 3 rings (SSSR count). The Morgan fingerprint density at radius 3 is 2.67 bits per heavy atom. The first-order valence-corrected chi connectivity index (χ1v) is 8.99. The molecule has 3 N–H and O–H groups in total. The molecule has 2 atom stereocenters. The summed E-state index contributed by atoms with van der Waals surface area (Å²) >= 11 is 0. The number of rotatable bonds is 4. The van der Waals surface area contributed by atoms with Crippen molar-refractivity contribution in [3.63, 3.8) is 0 Å². The Morgan fingerprint density at radius 1 is 1.25 bits per heavy atom. The number of primary sulfonamides is 1. The third kappa shape index (κ3) is 3.63. The zero-order chi connectivity index (χ0) is 17.5. The highest BCUT2D eigenvalue weighted by Gasteiger charge is 2.43. The van der Waals surface area contributed by atoms with E-state index in [2.05, 4.69) is 5.32 Å². The molecule has 0 bridgehead atoms. The molecule has 126 valence electrons. The number of hydrogen-bond donors (Lipinski definition) is 2. The van der Waals surface area contributed by atoms with Crippen LogP contribution in [0.15, 0.2) is 47.4 Å². The molecule has 1 aliphatic carbocycles. The first kappa shape index (κ1) is 16.6. The Bertz CT molecular complexity index is 912. The molecule has 24 heavy (non-hydrogen) atoms. The molecule has 0 heterocycles. The number of nitrogens with two attached hydrogens (primary N) is 1. The van der Waals surface area contributed by atoms with E-state index >= 15 is 0 Å². The molecular formula is C17H17FN2O3S. The number of aryl methyl sites for hydroxylation is 1. The molecule has 0 aromatic heterocycles. The van der Waals surface area contributed by atoms with Crippen molar-refractivity contribution in [3.05, 3.63) is 59.4 Å². The predicted octanol–water partition coefficient (Wildman–Crippen LogP) is 2.52. The maximum Gasteiger partial charge on any atom is 0.238 e. The van der Waals surface area contributed by atoms with E-state index in [9.17, 15) is 17.6 Å². The fraction of sp³-hybridized carbons (Fsp3) is 0.235. The summed E-state index contributed by atoms with van der Waals surface area (Å²) in [5.74, 6) is -1.10. The van der Waals surface area contributed by atoms with E-state index in [1.54, 1.807) is 0 Å². The van der Waals surface area contributed by atoms with Crippen molar-refractivity contribution in [2.75, 3.05) is 5.32 Å². The van der Waals surface area contributed by atoms with Crippen molar-refractivity contribution in [2.24, 2.45) is 11.1 Å². The van der Waals surface area contributed by atoms with Gasteiger partial charge in [0.25, 0.3) is 0 Å². The minimum Gasteiger partial charge on any atom is -0.326 e. The monoisotopic (exact) mass is 348 g/mol. The highest BCUT2D eigenvalue weighted by atomic mass is 32.2. The van der Waals surface area contributed by atoms with Gasteiger partial charge in [-0.05, 0) is 43.0 Å². The lowest BCUT2D eigenvalue weighted by Crippen LogP contribution is -2.17. The molecule has 7 heteroatoms. The van der Waals surface area contributed by atoms with E-state index in [1.165, 1.54) is 0 Å². The summed E-state index contributed by atoms with van der Waals surface area (Å²) in [5, 5.41) is 7.58. The van der Waals surface area contributed by atoms with Gasteiger partial charge in [-0.15, -0.1) is 0 Å². The summed E-state index contributed by atoms with van der Waals surface area (Å²) in [4.78, 5) is 11.9. The summed E-state index contributed by atoms with van der Waals surface area (Å²) in [7, 11) is -4.04. The standard InChI is InChI=1S/C17H17FN2O3S/c1-10-3-2-4-11(5-10)15-9-16(15)17(21)20-13-6-12(18)7-14(8-13)24(19,22)23/h2-8,15-16H,9H2,1H3,(H,20,21)(H2,19,22,23). The van der Waals surface area contributed by atoms with Crippen LogP contribution in [0.25, 0.3) is 0 Å². The second-order valence-corrected chi connectivity index (χ2v) is 7.63. The smallest absolute Gasteiger partial charge is 0.238 e. The van der Waals surface area contributed by atoms with Gasteiger partial charge in [0.2, 0.25) is 15.9 Å². The van der Waals surface area contributed by atoms with Gasteiger partial charge in [-0.2, -0.15) is 0 Å². The van der Waals surface area contributed by atoms with Crippen LogP contribution < -0.4 is 10.5 Å². The fourth-order valence-electron chi connectivity index (χ4n) is 2.79. The Morgan fingerprint density at radius 2 is 2.00 bits per heavy atom. The van der Waals surface area contributed by atoms with Gasteiger partial charge in [-0.25, -0.2) is 17.9 Å². The molecule has 5 nitrogen and oxygen atoms in total. The Hall–Kier alpha value is -2.25. The largest absolute Gasteiger partial charge is 0.326 e. The summed E-state index contributed by atoms with van der Waals surface area (Å²) in [6.07, 6.45) is 0.715. The molecule has 0 radical (unpaired) electrons. The maximum absolute atomic E-state index is 13.5. The number of nitrogens with one attached hydrogen (secondary N) is 1. The van der Waals surface area contributed by atoms with Crippen molar-refractivity contribution in [2.45, 2.75) is 24.2 Å². The third-order valence-electron chi connectivity index (χ3n) is 4.06. The average Bonchev–Trinajstić information content (AvgIpc) is 3.26. The van der Waals surface area contributed by atoms with Crippen molar-refractivity contribution in [1.29, 1.82) is 0 Å². The molecule has 1 amide bonds. The quantitative estimate of drug-likeness (QED) is 0.890. The lowest BCUT2D eigenvalue weighted by atomic mass is 10.1. The van der Waals surface area contributed by atoms with Crippen molar-refractivity contribution in [1.82, 2.24) is 0 Å². The minimum absolute atomic E-state index is 0.0823. The van der Waals surface area contributed by atoms with Gasteiger partial charge in [0.05, 0.1) is 4.90 Å². The molecule has 1 fully saturated rings. The van der Waals surface area contributed by atoms with Crippen LogP contribution in [0.3, 0.4) is 0 Å². The Balaban J connectivity index is 1.74. The topological polar surface area (TPSA) is 89.3 Å². The van der Waals surface area contributed by atoms with Crippen LogP contribution >= 0.6 is 0 Å². The van der Waals surface area contributed by atoms with Gasteiger partial charge in [0.1, 0.15) is 5.82 Å². The number of carbonyl (C=O) groups is 1. The minimum atomic E-state index is -4.04. The molecule has 0 spiro atoms. The molecular weight excluding hydrogens is 331 g/mol. The number of anilines is 1. The van der Waals surface area contributed by atoms with Crippen LogP contribution in [-0.2, 0) is 14.8 Å². The Labute approximate surface area is 139 Å². The van der Waals surface area contributed by atoms with Gasteiger partial charge >= 0.3 is 0 Å². The lowest BCUT2D eigenvalue weighted by molar-refractivity contribution is -0.117. The number of amides is 1. The van der Waals surface area contributed by atoms with Gasteiger partial charge in [-0.1, -0.05) is 29.8 Å². The Kier molecular flexibility index (Phi) is 4.15. The van der Waals surface area contributed by atoms with Crippen LogP contribution in [0.5, 0.6) is 0 Å². The zero-order valence-corrected chi connectivity index (χ0v) is 13.8. The normalized spacial score (nSPS) is 19.8. The molecule has 2 aromatic carbocycles. The number of benzene rings is 2. The maximum atomic E-state index is 13.5. The van der Waals surface area contributed by atoms with E-state index in [-0.39, 0.29) is 28.3 Å². The predicted molar refractivity (Wildman–Crippen MR) is 88.4 cm³/mol. The van der Waals surface area contributed by atoms with Crippen molar-refractivity contribution >= 4 is 21.6 Å². The number of sulfonamides is 1. The highest BCUT2D eigenvalue weighted by molar-refractivity contribution is 7.89. The van der Waals surface area contributed by atoms with Crippen LogP contribution in [0, 0.1) is 18.7 Å². The number of carbonyl (C=O) groups excluding carboxylic acids is 1. The second-order valence-electron chi connectivity index (χ2n) is 6.07. The summed E-state index contributed by atoms with van der Waals surface area (Å²) in [6, 6.07) is 11.0. The first-order valence-electron chi connectivity index (χ1n) is 7.45. The number of hydrogen-bond acceptors (Lipinski definition) is 3. The fourth-order valence-corrected chi connectivity index (χ4v) is 3.36. The van der Waals surface area contributed by atoms with E-state index in [4.69, 9.17) is 5.14 Å². The molecule has 2 unspecified atom stereocenters. The van der Waals surface area contributed by atoms with Crippen LogP contribution in [0.4, 0.5) is 10.1 Å². The molecule has 0 aliphatic heterocycles. The lowest BCUT2D eigenvalue weighted by Gasteiger charge is -2.07. The van der Waals surface area contributed by atoms with Gasteiger partial charge < -0.3 is 5.32 Å². The first-order chi connectivity index (χ1) is 11.2. The molecule has 0 saturated heterocycles. The molecule has 1 saturated carbocycles. The highest BCUT2D eigenvalue weighted by Crippen LogP contribution is 2.48. The van der Waals surface area contributed by atoms with E-state index < -0.39 is 15.8 Å². The van der Waals surface area contributed by atoms with E-state index in [0.717, 1.165) is 29.3 Å². The van der Waals surface area contributed by atoms with Crippen LogP contribution in [0.2, 0.25) is 0 Å². The van der Waals surface area contributed by atoms with E-state index in [0.29, 0.717) is 6.42 Å². The van der Waals surface area contributed by atoms with Crippen molar-refractivity contribution < 1.29 is 17.6 Å². The second kappa shape index (κ2) is 5.99. The third-order valence-corrected chi connectivity index (χ3v) is 4.96. The average molecular weight is 348 g/mol. The number of halogens is 1. The van der Waals surface area contributed by atoms with Crippen LogP contribution in [-0.4, -0.2) is 14.3 Å². The van der Waals surface area contributed by atoms with Gasteiger partial charge in [0.15, 0.2) is 0 Å². The van der Waals surface area contributed by atoms with Crippen molar-refractivity contribution in [3.8, 4) is 0 Å². The van der Waals surface area contributed by atoms with Gasteiger partial charge in [0, 0.05) is 11.6 Å². The summed E-state index contributed by atoms with van der Waals surface area (Å²) in [6.45, 7) is 1.99. The van der Waals surface area contributed by atoms with Gasteiger partial charge in [-0.3, -0.25) is 4.79 Å².